The molecule has 0 aliphatic heterocycles. The van der Waals surface area contributed by atoms with Crippen LogP contribution in [0.2, 0.25) is 0 Å². The number of benzene rings is 1. The summed E-state index contributed by atoms with van der Waals surface area (Å²) in [6, 6.07) is 5.33. The van der Waals surface area contributed by atoms with Gasteiger partial charge in [0, 0.05) is 28.7 Å². The van der Waals surface area contributed by atoms with E-state index in [2.05, 4.69) is 42.0 Å². The van der Waals surface area contributed by atoms with Crippen molar-refractivity contribution in [1.82, 2.24) is 5.32 Å². The number of rotatable bonds is 5. The number of nitrogens with one attached hydrogen (secondary N) is 1. The highest BCUT2D eigenvalue weighted by Gasteiger charge is 2.15. The Morgan fingerprint density at radius 3 is 2.59 bits per heavy atom. The van der Waals surface area contributed by atoms with E-state index in [1.54, 1.807) is 12.1 Å². The second-order valence-corrected chi connectivity index (χ2v) is 5.36. The molecule has 0 radical (unpaired) electrons. The van der Waals surface area contributed by atoms with Crippen LogP contribution in [0.4, 0.5) is 5.69 Å². The molecule has 1 rings (SSSR count). The molecule has 0 bridgehead atoms. The van der Waals surface area contributed by atoms with Crippen molar-refractivity contribution in [1.29, 1.82) is 0 Å². The first-order valence-corrected chi connectivity index (χ1v) is 6.37. The summed E-state index contributed by atoms with van der Waals surface area (Å²) in [7, 11) is 0. The lowest BCUT2D eigenvalue weighted by Crippen LogP contribution is -2.30. The van der Waals surface area contributed by atoms with Crippen LogP contribution in [0.1, 0.15) is 26.3 Å². The molecule has 0 spiro atoms. The molecule has 1 atom stereocenters. The number of hydrogen-bond acceptors (Lipinski definition) is 3. The van der Waals surface area contributed by atoms with E-state index in [4.69, 9.17) is 0 Å². The van der Waals surface area contributed by atoms with Crippen molar-refractivity contribution in [3.63, 3.8) is 0 Å². The van der Waals surface area contributed by atoms with Crippen molar-refractivity contribution in [3.05, 3.63) is 38.3 Å². The van der Waals surface area contributed by atoms with E-state index >= 15 is 0 Å². The molecule has 4 nitrogen and oxygen atoms in total. The maximum atomic E-state index is 10.9. The molecule has 0 saturated heterocycles. The average molecular weight is 301 g/mol. The molecule has 5 heteroatoms. The smallest absolute Gasteiger partial charge is 0.273 e. The summed E-state index contributed by atoms with van der Waals surface area (Å²) < 4.78 is 0.858. The molecule has 94 valence electrons. The van der Waals surface area contributed by atoms with Gasteiger partial charge in [-0.25, -0.2) is 0 Å². The van der Waals surface area contributed by atoms with Crippen LogP contribution >= 0.6 is 15.9 Å². The molecule has 0 fully saturated rings. The fourth-order valence-electron chi connectivity index (χ4n) is 1.38. The Morgan fingerprint density at radius 2 is 2.06 bits per heavy atom. The molecule has 0 aliphatic rings. The third-order valence-corrected chi connectivity index (χ3v) is 3.35. The quantitative estimate of drug-likeness (QED) is 0.669. The van der Waals surface area contributed by atoms with Crippen LogP contribution in [-0.2, 0) is 6.54 Å². The van der Waals surface area contributed by atoms with Crippen LogP contribution in [0.25, 0.3) is 0 Å². The predicted octanol–water partition coefficient (Wildman–Crippen LogP) is 3.49. The van der Waals surface area contributed by atoms with Crippen LogP contribution in [0, 0.1) is 16.0 Å². The van der Waals surface area contributed by atoms with Gasteiger partial charge in [0.15, 0.2) is 0 Å². The minimum absolute atomic E-state index is 0.164. The Hall–Kier alpha value is -0.940. The fourth-order valence-corrected chi connectivity index (χ4v) is 1.79. The largest absolute Gasteiger partial charge is 0.310 e. The minimum atomic E-state index is -0.344. The Morgan fingerprint density at radius 1 is 1.41 bits per heavy atom. The zero-order valence-corrected chi connectivity index (χ0v) is 11.8. The average Bonchev–Trinajstić information content (AvgIpc) is 2.25. The molecule has 0 saturated carbocycles. The summed E-state index contributed by atoms with van der Waals surface area (Å²) in [5.74, 6) is 0.501. The number of nitrogens with zero attached hydrogens (tertiary/aromatic N) is 1. The van der Waals surface area contributed by atoms with Gasteiger partial charge in [-0.2, -0.15) is 0 Å². The summed E-state index contributed by atoms with van der Waals surface area (Å²) in [4.78, 5) is 10.5. The minimum Gasteiger partial charge on any atom is -0.310 e. The standard InChI is InChI=1S/C12H17BrN2O2/c1-8(2)9(3)14-7-10-6-11(13)4-5-12(10)15(16)17/h4-6,8-9,14H,7H2,1-3H3. The van der Waals surface area contributed by atoms with E-state index < -0.39 is 0 Å². The second kappa shape index (κ2) is 6.12. The van der Waals surface area contributed by atoms with Crippen LogP contribution in [0.5, 0.6) is 0 Å². The van der Waals surface area contributed by atoms with E-state index in [1.165, 1.54) is 6.07 Å². The van der Waals surface area contributed by atoms with Crippen molar-refractivity contribution < 1.29 is 4.92 Å². The SMILES string of the molecule is CC(C)C(C)NCc1cc(Br)ccc1[N+](=O)[O-]. The van der Waals surface area contributed by atoms with Crippen LogP contribution in [0.15, 0.2) is 22.7 Å². The highest BCUT2D eigenvalue weighted by molar-refractivity contribution is 9.10. The molecule has 0 amide bonds. The lowest BCUT2D eigenvalue weighted by Gasteiger charge is -2.17. The summed E-state index contributed by atoms with van der Waals surface area (Å²) in [6.45, 7) is 6.82. The topological polar surface area (TPSA) is 55.2 Å². The molecular weight excluding hydrogens is 284 g/mol. The monoisotopic (exact) mass is 300 g/mol. The third-order valence-electron chi connectivity index (χ3n) is 2.85. The van der Waals surface area contributed by atoms with Crippen molar-refractivity contribution in [3.8, 4) is 0 Å². The third kappa shape index (κ3) is 4.09. The van der Waals surface area contributed by atoms with Crippen molar-refractivity contribution in [2.45, 2.75) is 33.4 Å². The summed E-state index contributed by atoms with van der Waals surface area (Å²) in [6.07, 6.45) is 0. The van der Waals surface area contributed by atoms with E-state index in [9.17, 15) is 10.1 Å². The highest BCUT2D eigenvalue weighted by atomic mass is 79.9. The van der Waals surface area contributed by atoms with Gasteiger partial charge in [0.1, 0.15) is 0 Å². The molecule has 1 unspecified atom stereocenters. The number of hydrogen-bond donors (Lipinski definition) is 1. The maximum absolute atomic E-state index is 10.9. The van der Waals surface area contributed by atoms with Crippen molar-refractivity contribution in [2.75, 3.05) is 0 Å². The predicted molar refractivity (Wildman–Crippen MR) is 71.9 cm³/mol. The summed E-state index contributed by atoms with van der Waals surface area (Å²) >= 11 is 3.33. The van der Waals surface area contributed by atoms with Crippen LogP contribution in [-0.4, -0.2) is 11.0 Å². The lowest BCUT2D eigenvalue weighted by atomic mass is 10.1. The van der Waals surface area contributed by atoms with Gasteiger partial charge in [0.05, 0.1) is 4.92 Å². The van der Waals surface area contributed by atoms with Crippen molar-refractivity contribution in [2.24, 2.45) is 5.92 Å². The van der Waals surface area contributed by atoms with E-state index in [0.717, 1.165) is 4.47 Å². The first-order valence-electron chi connectivity index (χ1n) is 5.58. The summed E-state index contributed by atoms with van der Waals surface area (Å²) in [5.41, 5.74) is 0.869. The van der Waals surface area contributed by atoms with E-state index in [-0.39, 0.29) is 10.6 Å². The molecule has 0 aromatic heterocycles. The van der Waals surface area contributed by atoms with Gasteiger partial charge in [-0.3, -0.25) is 10.1 Å². The van der Waals surface area contributed by atoms with Crippen LogP contribution < -0.4 is 5.32 Å². The Balaban J connectivity index is 2.82. The molecule has 1 aromatic rings. The molecule has 1 N–H and O–H groups in total. The molecule has 0 heterocycles. The molecule has 1 aromatic carbocycles. The van der Waals surface area contributed by atoms with Gasteiger partial charge < -0.3 is 5.32 Å². The normalized spacial score (nSPS) is 12.8. The highest BCUT2D eigenvalue weighted by Crippen LogP contribution is 2.23. The van der Waals surface area contributed by atoms with E-state index in [1.807, 2.05) is 0 Å². The van der Waals surface area contributed by atoms with Crippen molar-refractivity contribution >= 4 is 21.6 Å². The van der Waals surface area contributed by atoms with Gasteiger partial charge >= 0.3 is 0 Å². The first kappa shape index (κ1) is 14.1. The number of halogens is 1. The first-order chi connectivity index (χ1) is 7.91. The van der Waals surface area contributed by atoms with Gasteiger partial charge in [0.25, 0.3) is 5.69 Å². The fraction of sp³-hybridized carbons (Fsp3) is 0.500. The number of nitro benzene ring substituents is 1. The summed E-state index contributed by atoms with van der Waals surface area (Å²) in [5, 5.41) is 14.2. The molecular formula is C12H17BrN2O2. The zero-order chi connectivity index (χ0) is 13.0. The van der Waals surface area contributed by atoms with Gasteiger partial charge in [-0.05, 0) is 25.0 Å². The Kier molecular flexibility index (Phi) is 5.08. The van der Waals surface area contributed by atoms with Gasteiger partial charge in [-0.1, -0.05) is 29.8 Å². The Labute approximate surface area is 110 Å². The van der Waals surface area contributed by atoms with Gasteiger partial charge in [-0.15, -0.1) is 0 Å². The molecule has 17 heavy (non-hydrogen) atoms. The maximum Gasteiger partial charge on any atom is 0.273 e. The second-order valence-electron chi connectivity index (χ2n) is 4.44. The lowest BCUT2D eigenvalue weighted by molar-refractivity contribution is -0.385. The van der Waals surface area contributed by atoms with Crippen LogP contribution in [0.3, 0.4) is 0 Å². The zero-order valence-electron chi connectivity index (χ0n) is 10.2. The van der Waals surface area contributed by atoms with E-state index in [0.29, 0.717) is 24.1 Å². The number of nitro groups is 1. The Bertz CT molecular complexity index is 407. The molecule has 0 aliphatic carbocycles. The van der Waals surface area contributed by atoms with Gasteiger partial charge in [0.2, 0.25) is 0 Å².